The predicted octanol–water partition coefficient (Wildman–Crippen LogP) is 4.52. The van der Waals surface area contributed by atoms with Crippen molar-refractivity contribution in [3.05, 3.63) is 65.4 Å². The molecule has 0 spiro atoms. The van der Waals surface area contributed by atoms with Crippen molar-refractivity contribution >= 4 is 15.9 Å². The highest BCUT2D eigenvalue weighted by atomic mass is 79.9. The second-order valence-electron chi connectivity index (χ2n) is 5.02. The summed E-state index contributed by atoms with van der Waals surface area (Å²) < 4.78 is 18.3. The van der Waals surface area contributed by atoms with Gasteiger partial charge in [0, 0.05) is 17.3 Å². The molecule has 0 N–H and O–H groups in total. The van der Waals surface area contributed by atoms with Crippen molar-refractivity contribution in [2.75, 3.05) is 0 Å². The fraction of sp³-hybridized carbons (Fsp3) is 0.167. The van der Waals surface area contributed by atoms with Crippen molar-refractivity contribution < 1.29 is 8.91 Å². The summed E-state index contributed by atoms with van der Waals surface area (Å²) in [7, 11) is 0. The molecule has 0 aliphatic rings. The molecule has 0 saturated carbocycles. The molecule has 1 aromatic carbocycles. The SMILES string of the molecule is CCC(Br)c1nc(-c2ccc(C#Cc3cccc(F)c3)cn2)no1. The third-order valence-corrected chi connectivity index (χ3v) is 4.28. The molecule has 0 saturated heterocycles. The van der Waals surface area contributed by atoms with E-state index in [9.17, 15) is 4.39 Å². The number of hydrogen-bond acceptors (Lipinski definition) is 4. The van der Waals surface area contributed by atoms with Gasteiger partial charge in [-0.3, -0.25) is 4.98 Å². The zero-order valence-electron chi connectivity index (χ0n) is 12.8. The topological polar surface area (TPSA) is 51.8 Å². The number of aromatic nitrogens is 3. The van der Waals surface area contributed by atoms with E-state index in [1.165, 1.54) is 12.1 Å². The Hall–Kier alpha value is -2.52. The van der Waals surface area contributed by atoms with Crippen LogP contribution >= 0.6 is 15.9 Å². The molecule has 1 unspecified atom stereocenters. The summed E-state index contributed by atoms with van der Waals surface area (Å²) in [5.41, 5.74) is 1.94. The third kappa shape index (κ3) is 3.87. The molecule has 2 aromatic heterocycles. The van der Waals surface area contributed by atoms with Crippen molar-refractivity contribution in [3.63, 3.8) is 0 Å². The summed E-state index contributed by atoms with van der Waals surface area (Å²) >= 11 is 3.47. The fourth-order valence-corrected chi connectivity index (χ4v) is 2.14. The molecule has 24 heavy (non-hydrogen) atoms. The lowest BCUT2D eigenvalue weighted by Gasteiger charge is -1.96. The van der Waals surface area contributed by atoms with Crippen LogP contribution in [-0.2, 0) is 0 Å². The number of alkyl halides is 1. The molecule has 0 amide bonds. The van der Waals surface area contributed by atoms with Gasteiger partial charge in [0.25, 0.3) is 0 Å². The number of rotatable bonds is 3. The molecule has 4 nitrogen and oxygen atoms in total. The Morgan fingerprint density at radius 1 is 1.21 bits per heavy atom. The van der Waals surface area contributed by atoms with Gasteiger partial charge in [-0.25, -0.2) is 4.39 Å². The molecule has 1 atom stereocenters. The highest BCUT2D eigenvalue weighted by molar-refractivity contribution is 9.09. The van der Waals surface area contributed by atoms with E-state index < -0.39 is 0 Å². The zero-order chi connectivity index (χ0) is 16.9. The maximum Gasteiger partial charge on any atom is 0.240 e. The predicted molar refractivity (Wildman–Crippen MR) is 91.9 cm³/mol. The van der Waals surface area contributed by atoms with Crippen molar-refractivity contribution in [2.24, 2.45) is 0 Å². The summed E-state index contributed by atoms with van der Waals surface area (Å²) in [6, 6.07) is 9.75. The van der Waals surface area contributed by atoms with Crippen molar-refractivity contribution in [1.82, 2.24) is 15.1 Å². The fourth-order valence-electron chi connectivity index (χ4n) is 1.95. The van der Waals surface area contributed by atoms with Gasteiger partial charge < -0.3 is 4.52 Å². The van der Waals surface area contributed by atoms with Gasteiger partial charge in [-0.1, -0.05) is 45.9 Å². The molecule has 120 valence electrons. The van der Waals surface area contributed by atoms with Crippen molar-refractivity contribution in [1.29, 1.82) is 0 Å². The zero-order valence-corrected chi connectivity index (χ0v) is 14.4. The van der Waals surface area contributed by atoms with Crippen molar-refractivity contribution in [3.8, 4) is 23.4 Å². The second kappa shape index (κ2) is 7.37. The molecule has 6 heteroatoms. The highest BCUT2D eigenvalue weighted by Crippen LogP contribution is 2.25. The standard InChI is InChI=1S/C18H13BrFN3O/c1-2-15(19)18-22-17(23-24-18)16-9-8-13(11-21-16)7-6-12-4-3-5-14(20)10-12/h3-5,8-11,15H,2H2,1H3. The van der Waals surface area contributed by atoms with Crippen LogP contribution in [0.15, 0.2) is 47.1 Å². The average molecular weight is 386 g/mol. The van der Waals surface area contributed by atoms with Crippen LogP contribution in [0.5, 0.6) is 0 Å². The van der Waals surface area contributed by atoms with Crippen molar-refractivity contribution in [2.45, 2.75) is 18.2 Å². The lowest BCUT2D eigenvalue weighted by Crippen LogP contribution is -1.89. The molecule has 3 rings (SSSR count). The molecule has 2 heterocycles. The van der Waals surface area contributed by atoms with Gasteiger partial charge in [-0.2, -0.15) is 4.98 Å². The van der Waals surface area contributed by atoms with E-state index >= 15 is 0 Å². The smallest absolute Gasteiger partial charge is 0.240 e. The summed E-state index contributed by atoms with van der Waals surface area (Å²) in [5.74, 6) is 6.51. The van der Waals surface area contributed by atoms with Crippen LogP contribution in [-0.4, -0.2) is 15.1 Å². The molecule has 0 aliphatic heterocycles. The molecular formula is C18H13BrFN3O. The maximum absolute atomic E-state index is 13.1. The Bertz CT molecular complexity index is 896. The second-order valence-corrected chi connectivity index (χ2v) is 6.13. The van der Waals surface area contributed by atoms with Crippen LogP contribution in [0.1, 0.15) is 35.2 Å². The first-order valence-electron chi connectivity index (χ1n) is 7.37. The van der Waals surface area contributed by atoms with E-state index in [0.717, 1.165) is 12.0 Å². The van der Waals surface area contributed by atoms with E-state index in [4.69, 9.17) is 4.52 Å². The van der Waals surface area contributed by atoms with E-state index in [-0.39, 0.29) is 10.6 Å². The van der Waals surface area contributed by atoms with E-state index in [1.54, 1.807) is 24.4 Å². The summed E-state index contributed by atoms with van der Waals surface area (Å²) in [6.45, 7) is 2.02. The number of halogens is 2. The Morgan fingerprint density at radius 3 is 2.75 bits per heavy atom. The minimum absolute atomic E-state index is 0.0372. The Balaban J connectivity index is 1.78. The minimum atomic E-state index is -0.305. The van der Waals surface area contributed by atoms with Gasteiger partial charge in [0.05, 0.1) is 4.83 Å². The van der Waals surface area contributed by atoms with E-state index in [2.05, 4.69) is 42.9 Å². The lowest BCUT2D eigenvalue weighted by atomic mass is 10.2. The normalized spacial score (nSPS) is 11.6. The summed E-state index contributed by atoms with van der Waals surface area (Å²) in [4.78, 5) is 8.66. The first-order valence-corrected chi connectivity index (χ1v) is 8.29. The van der Waals surface area contributed by atoms with E-state index in [1.807, 2.05) is 13.0 Å². The van der Waals surface area contributed by atoms with Gasteiger partial charge >= 0.3 is 0 Å². The monoisotopic (exact) mass is 385 g/mol. The Labute approximate surface area is 147 Å². The first-order chi connectivity index (χ1) is 11.7. The summed E-state index contributed by atoms with van der Waals surface area (Å²) in [6.07, 6.45) is 2.48. The lowest BCUT2D eigenvalue weighted by molar-refractivity contribution is 0.377. The summed E-state index contributed by atoms with van der Waals surface area (Å²) in [5, 5.41) is 3.93. The quantitative estimate of drug-likeness (QED) is 0.491. The number of hydrogen-bond donors (Lipinski definition) is 0. The van der Waals surface area contributed by atoms with Gasteiger partial charge in [-0.05, 0) is 36.8 Å². The van der Waals surface area contributed by atoms with Gasteiger partial charge in [0.1, 0.15) is 11.5 Å². The third-order valence-electron chi connectivity index (χ3n) is 3.24. The largest absolute Gasteiger partial charge is 0.338 e. The van der Waals surface area contributed by atoms with Crippen LogP contribution in [0, 0.1) is 17.7 Å². The maximum atomic E-state index is 13.1. The minimum Gasteiger partial charge on any atom is -0.338 e. The molecule has 0 bridgehead atoms. The van der Waals surface area contributed by atoms with Crippen LogP contribution < -0.4 is 0 Å². The molecule has 0 radical (unpaired) electrons. The number of pyridine rings is 1. The van der Waals surface area contributed by atoms with Crippen LogP contribution in [0.3, 0.4) is 0 Å². The van der Waals surface area contributed by atoms with Gasteiger partial charge in [-0.15, -0.1) is 0 Å². The number of benzene rings is 1. The van der Waals surface area contributed by atoms with Crippen LogP contribution in [0.2, 0.25) is 0 Å². The van der Waals surface area contributed by atoms with Crippen LogP contribution in [0.25, 0.3) is 11.5 Å². The molecule has 3 aromatic rings. The Kier molecular flexibility index (Phi) is 5.02. The Morgan fingerprint density at radius 2 is 2.04 bits per heavy atom. The van der Waals surface area contributed by atoms with Crippen LogP contribution in [0.4, 0.5) is 4.39 Å². The van der Waals surface area contributed by atoms with Gasteiger partial charge in [0.2, 0.25) is 11.7 Å². The molecule has 0 aliphatic carbocycles. The molecular weight excluding hydrogens is 373 g/mol. The first kappa shape index (κ1) is 16.3. The van der Waals surface area contributed by atoms with Gasteiger partial charge in [0.15, 0.2) is 0 Å². The van der Waals surface area contributed by atoms with E-state index in [0.29, 0.717) is 23.0 Å². The molecule has 0 fully saturated rings. The average Bonchev–Trinajstić information content (AvgIpc) is 3.10. The highest BCUT2D eigenvalue weighted by Gasteiger charge is 2.15. The number of nitrogens with zero attached hydrogens (tertiary/aromatic N) is 3.